The van der Waals surface area contributed by atoms with Gasteiger partial charge in [-0.15, -0.1) is 0 Å². The molecular formula is C17H17Cl2NO2. The minimum atomic E-state index is -0.837. The Morgan fingerprint density at radius 2 is 1.95 bits per heavy atom. The topological polar surface area (TPSA) is 49.3 Å². The van der Waals surface area contributed by atoms with Crippen LogP contribution in [-0.4, -0.2) is 11.1 Å². The van der Waals surface area contributed by atoms with Crippen molar-refractivity contribution in [1.82, 2.24) is 0 Å². The fourth-order valence-electron chi connectivity index (χ4n) is 2.44. The number of benzene rings is 2. The Kier molecular flexibility index (Phi) is 5.33. The van der Waals surface area contributed by atoms with Crippen LogP contribution in [-0.2, 0) is 4.79 Å². The number of hydrogen-bond acceptors (Lipinski definition) is 2. The molecule has 0 aromatic heterocycles. The molecule has 0 spiro atoms. The lowest BCUT2D eigenvalue weighted by Crippen LogP contribution is -2.12. The van der Waals surface area contributed by atoms with Crippen LogP contribution in [0.1, 0.15) is 30.4 Å². The van der Waals surface area contributed by atoms with Crippen LogP contribution in [0.4, 0.5) is 11.4 Å². The molecule has 116 valence electrons. The minimum Gasteiger partial charge on any atom is -0.481 e. The number of aliphatic carboxylic acids is 1. The van der Waals surface area contributed by atoms with E-state index < -0.39 is 11.9 Å². The summed E-state index contributed by atoms with van der Waals surface area (Å²) in [4.78, 5) is 11.4. The van der Waals surface area contributed by atoms with E-state index in [9.17, 15) is 9.90 Å². The molecule has 0 amide bonds. The molecule has 0 aliphatic carbocycles. The summed E-state index contributed by atoms with van der Waals surface area (Å²) in [7, 11) is 0. The van der Waals surface area contributed by atoms with Gasteiger partial charge in [-0.2, -0.15) is 0 Å². The molecule has 0 bridgehead atoms. The maximum absolute atomic E-state index is 11.4. The van der Waals surface area contributed by atoms with Crippen molar-refractivity contribution in [2.45, 2.75) is 26.2 Å². The molecule has 2 aromatic carbocycles. The molecule has 2 N–H and O–H groups in total. The van der Waals surface area contributed by atoms with Crippen molar-refractivity contribution in [3.63, 3.8) is 0 Å². The molecule has 0 saturated heterocycles. The lowest BCUT2D eigenvalue weighted by atomic mass is 9.95. The number of carboxylic acids is 1. The number of hydrogen-bond donors (Lipinski definition) is 2. The predicted molar refractivity (Wildman–Crippen MR) is 91.6 cm³/mol. The summed E-state index contributed by atoms with van der Waals surface area (Å²) in [6.45, 7) is 3.76. The van der Waals surface area contributed by atoms with E-state index in [1.165, 1.54) is 0 Å². The molecule has 0 heterocycles. The number of anilines is 2. The van der Waals surface area contributed by atoms with Crippen LogP contribution in [0, 0.1) is 6.92 Å². The zero-order valence-corrected chi connectivity index (χ0v) is 13.9. The molecule has 2 rings (SSSR count). The normalized spacial score (nSPS) is 12.0. The molecular weight excluding hydrogens is 321 g/mol. The number of halogens is 2. The minimum absolute atomic E-state index is 0.503. The van der Waals surface area contributed by atoms with Crippen LogP contribution >= 0.6 is 23.2 Å². The van der Waals surface area contributed by atoms with Crippen LogP contribution in [0.3, 0.4) is 0 Å². The van der Waals surface area contributed by atoms with Crippen molar-refractivity contribution in [3.8, 4) is 0 Å². The first-order chi connectivity index (χ1) is 10.4. The maximum Gasteiger partial charge on any atom is 0.311 e. The molecule has 22 heavy (non-hydrogen) atoms. The molecule has 1 unspecified atom stereocenters. The third kappa shape index (κ3) is 3.54. The number of carbonyl (C=O) groups is 1. The van der Waals surface area contributed by atoms with Crippen molar-refractivity contribution >= 4 is 40.5 Å². The number of nitrogens with one attached hydrogen (secondary N) is 1. The van der Waals surface area contributed by atoms with Crippen molar-refractivity contribution < 1.29 is 9.90 Å². The first-order valence-corrected chi connectivity index (χ1v) is 7.74. The smallest absolute Gasteiger partial charge is 0.311 e. The molecule has 3 nitrogen and oxygen atoms in total. The highest BCUT2D eigenvalue weighted by Gasteiger charge is 2.21. The molecule has 2 aromatic rings. The first-order valence-electron chi connectivity index (χ1n) is 6.98. The Balaban J connectivity index is 2.45. The number of para-hydroxylation sites is 1. The van der Waals surface area contributed by atoms with Crippen LogP contribution in [0.15, 0.2) is 36.4 Å². The SMILES string of the molecule is CCC(C(=O)O)c1ccccc1Nc1c(C)cc(Cl)cc1Cl. The van der Waals surface area contributed by atoms with E-state index >= 15 is 0 Å². The van der Waals surface area contributed by atoms with E-state index in [0.29, 0.717) is 16.5 Å². The monoisotopic (exact) mass is 337 g/mol. The highest BCUT2D eigenvalue weighted by atomic mass is 35.5. The Hall–Kier alpha value is -1.71. The summed E-state index contributed by atoms with van der Waals surface area (Å²) in [6.07, 6.45) is 0.515. The second-order valence-corrected chi connectivity index (χ2v) is 5.93. The van der Waals surface area contributed by atoms with Gasteiger partial charge >= 0.3 is 5.97 Å². The van der Waals surface area contributed by atoms with Crippen LogP contribution in [0.5, 0.6) is 0 Å². The first kappa shape index (κ1) is 16.7. The van der Waals surface area contributed by atoms with Gasteiger partial charge in [0.15, 0.2) is 0 Å². The largest absolute Gasteiger partial charge is 0.481 e. The van der Waals surface area contributed by atoms with Crippen LogP contribution < -0.4 is 5.32 Å². The highest BCUT2D eigenvalue weighted by Crippen LogP contribution is 2.35. The number of rotatable bonds is 5. The van der Waals surface area contributed by atoms with Gasteiger partial charge in [0.2, 0.25) is 0 Å². The predicted octanol–water partition coefficient (Wildman–Crippen LogP) is 5.62. The van der Waals surface area contributed by atoms with E-state index in [0.717, 1.165) is 22.5 Å². The zero-order valence-electron chi connectivity index (χ0n) is 12.4. The number of aryl methyl sites for hydroxylation is 1. The second kappa shape index (κ2) is 7.03. The van der Waals surface area contributed by atoms with Gasteiger partial charge < -0.3 is 10.4 Å². The van der Waals surface area contributed by atoms with Crippen molar-refractivity contribution in [2.75, 3.05) is 5.32 Å². The van der Waals surface area contributed by atoms with Gasteiger partial charge in [0.25, 0.3) is 0 Å². The molecule has 5 heteroatoms. The van der Waals surface area contributed by atoms with Crippen molar-refractivity contribution in [2.24, 2.45) is 0 Å². The Labute approximate surface area is 139 Å². The molecule has 0 radical (unpaired) electrons. The average Bonchev–Trinajstić information content (AvgIpc) is 2.44. The summed E-state index contributed by atoms with van der Waals surface area (Å²) in [5.74, 6) is -1.40. The van der Waals surface area contributed by atoms with Crippen LogP contribution in [0.25, 0.3) is 0 Å². The van der Waals surface area contributed by atoms with Gasteiger partial charge in [0.1, 0.15) is 0 Å². The summed E-state index contributed by atoms with van der Waals surface area (Å²) in [5.41, 5.74) is 3.11. The Bertz CT molecular complexity index is 678. The third-order valence-corrected chi connectivity index (χ3v) is 4.07. The molecule has 0 fully saturated rings. The van der Waals surface area contributed by atoms with Gasteiger partial charge in [-0.25, -0.2) is 0 Å². The summed E-state index contributed by atoms with van der Waals surface area (Å²) < 4.78 is 0. The van der Waals surface area contributed by atoms with E-state index in [-0.39, 0.29) is 0 Å². The summed E-state index contributed by atoms with van der Waals surface area (Å²) in [6, 6.07) is 10.8. The van der Waals surface area contributed by atoms with Crippen molar-refractivity contribution in [1.29, 1.82) is 0 Å². The second-order valence-electron chi connectivity index (χ2n) is 5.09. The van der Waals surface area contributed by atoms with E-state index in [2.05, 4.69) is 5.32 Å². The number of carboxylic acid groups (broad SMARTS) is 1. The van der Waals surface area contributed by atoms with Gasteiger partial charge in [0.05, 0.1) is 16.6 Å². The summed E-state index contributed by atoms with van der Waals surface area (Å²) >= 11 is 12.2. The molecule has 1 atom stereocenters. The highest BCUT2D eigenvalue weighted by molar-refractivity contribution is 6.36. The lowest BCUT2D eigenvalue weighted by molar-refractivity contribution is -0.138. The van der Waals surface area contributed by atoms with E-state index in [1.54, 1.807) is 6.07 Å². The Morgan fingerprint density at radius 3 is 2.55 bits per heavy atom. The fraction of sp³-hybridized carbons (Fsp3) is 0.235. The quantitative estimate of drug-likeness (QED) is 0.743. The van der Waals surface area contributed by atoms with Gasteiger partial charge in [-0.1, -0.05) is 48.3 Å². The van der Waals surface area contributed by atoms with Crippen LogP contribution in [0.2, 0.25) is 10.0 Å². The van der Waals surface area contributed by atoms with E-state index in [4.69, 9.17) is 23.2 Å². The average molecular weight is 338 g/mol. The molecule has 0 aliphatic heterocycles. The molecule has 0 saturated carbocycles. The fourth-order valence-corrected chi connectivity index (χ4v) is 3.08. The lowest BCUT2D eigenvalue weighted by Gasteiger charge is -2.18. The standard InChI is InChI=1S/C17H17Cl2NO2/c1-3-12(17(21)22)13-6-4-5-7-15(13)20-16-10(2)8-11(18)9-14(16)19/h4-9,12,20H,3H2,1-2H3,(H,21,22). The van der Waals surface area contributed by atoms with E-state index in [1.807, 2.05) is 44.2 Å². The van der Waals surface area contributed by atoms with Gasteiger partial charge in [-0.05, 0) is 42.7 Å². The zero-order chi connectivity index (χ0) is 16.3. The summed E-state index contributed by atoms with van der Waals surface area (Å²) in [5, 5.41) is 13.7. The van der Waals surface area contributed by atoms with Gasteiger partial charge in [0, 0.05) is 10.7 Å². The Morgan fingerprint density at radius 1 is 1.27 bits per heavy atom. The molecule has 0 aliphatic rings. The maximum atomic E-state index is 11.4. The van der Waals surface area contributed by atoms with Crippen molar-refractivity contribution in [3.05, 3.63) is 57.6 Å². The third-order valence-electron chi connectivity index (χ3n) is 3.55. The van der Waals surface area contributed by atoms with Gasteiger partial charge in [-0.3, -0.25) is 4.79 Å².